The van der Waals surface area contributed by atoms with Crippen molar-refractivity contribution in [3.8, 4) is 0 Å². The summed E-state index contributed by atoms with van der Waals surface area (Å²) < 4.78 is 0. The highest BCUT2D eigenvalue weighted by atomic mass is 16.4. The van der Waals surface area contributed by atoms with Gasteiger partial charge in [-0.25, -0.2) is 10.9 Å². The normalized spacial score (nSPS) is 13.6. The fourth-order valence-electron chi connectivity index (χ4n) is 1.12. The van der Waals surface area contributed by atoms with Gasteiger partial charge in [0, 0.05) is 12.8 Å². The van der Waals surface area contributed by atoms with Crippen LogP contribution in [0.25, 0.3) is 0 Å². The van der Waals surface area contributed by atoms with Gasteiger partial charge in [-0.05, 0) is 12.8 Å². The van der Waals surface area contributed by atoms with Gasteiger partial charge < -0.3 is 19.8 Å². The quantitative estimate of drug-likeness (QED) is 0.273. The summed E-state index contributed by atoms with van der Waals surface area (Å²) in [6.07, 6.45) is 0.842. The minimum absolute atomic E-state index is 0.0797. The van der Waals surface area contributed by atoms with E-state index in [0.29, 0.717) is 12.6 Å². The van der Waals surface area contributed by atoms with E-state index >= 15 is 0 Å². The van der Waals surface area contributed by atoms with E-state index in [0.717, 1.165) is 0 Å². The van der Waals surface area contributed by atoms with Crippen molar-refractivity contribution >= 4 is 24.5 Å². The maximum Gasteiger partial charge on any atom is 0.303 e. The first-order chi connectivity index (χ1) is 8.49. The average Bonchev–Trinajstić information content (AvgIpc) is 2.32. The number of rotatable bonds is 11. The molecule has 0 aromatic carbocycles. The first kappa shape index (κ1) is 16.2. The molecule has 0 aromatic heterocycles. The minimum atomic E-state index is -1.03. The number of carboxylic acid groups (broad SMARTS) is 2. The van der Waals surface area contributed by atoms with Crippen LogP contribution in [-0.4, -0.2) is 46.8 Å². The Morgan fingerprint density at radius 3 is 1.44 bits per heavy atom. The van der Waals surface area contributed by atoms with Gasteiger partial charge in [0.25, 0.3) is 0 Å². The van der Waals surface area contributed by atoms with Crippen LogP contribution in [0.4, 0.5) is 0 Å². The summed E-state index contributed by atoms with van der Waals surface area (Å²) in [6, 6.07) is -1.48. The van der Waals surface area contributed by atoms with E-state index in [2.05, 4.69) is 10.9 Å². The Morgan fingerprint density at radius 1 is 0.889 bits per heavy atom. The van der Waals surface area contributed by atoms with Crippen LogP contribution < -0.4 is 10.9 Å². The first-order valence-corrected chi connectivity index (χ1v) is 5.34. The first-order valence-electron chi connectivity index (χ1n) is 5.34. The van der Waals surface area contributed by atoms with Crippen LogP contribution in [0.5, 0.6) is 0 Å². The topological polar surface area (TPSA) is 133 Å². The van der Waals surface area contributed by atoms with Gasteiger partial charge in [0.1, 0.15) is 12.6 Å². The molecule has 0 spiro atoms. The lowest BCUT2D eigenvalue weighted by Crippen LogP contribution is -2.48. The summed E-state index contributed by atoms with van der Waals surface area (Å²) in [5, 5.41) is 16.9. The molecule has 0 saturated heterocycles. The van der Waals surface area contributed by atoms with Crippen LogP contribution in [0.15, 0.2) is 0 Å². The van der Waals surface area contributed by atoms with Crippen LogP contribution in [-0.2, 0) is 19.2 Å². The molecule has 0 radical (unpaired) electrons. The molecular formula is C10H16N2O6. The molecule has 0 aliphatic rings. The summed E-state index contributed by atoms with van der Waals surface area (Å²) in [5.74, 6) is -2.05. The largest absolute Gasteiger partial charge is 0.481 e. The van der Waals surface area contributed by atoms with Crippen LogP contribution in [0.3, 0.4) is 0 Å². The summed E-state index contributed by atoms with van der Waals surface area (Å²) >= 11 is 0. The predicted molar refractivity (Wildman–Crippen MR) is 59.7 cm³/mol. The molecule has 4 N–H and O–H groups in total. The van der Waals surface area contributed by atoms with E-state index in [1.54, 1.807) is 0 Å². The number of carboxylic acids is 2. The number of carbonyl (C=O) groups is 4. The number of carbonyl (C=O) groups excluding carboxylic acids is 2. The fraction of sp³-hybridized carbons (Fsp3) is 0.600. The monoisotopic (exact) mass is 260 g/mol. The van der Waals surface area contributed by atoms with Gasteiger partial charge in [-0.1, -0.05) is 0 Å². The molecule has 0 heterocycles. The van der Waals surface area contributed by atoms with Gasteiger partial charge >= 0.3 is 11.9 Å². The third-order valence-corrected chi connectivity index (χ3v) is 2.12. The summed E-state index contributed by atoms with van der Waals surface area (Å²) in [7, 11) is 0. The van der Waals surface area contributed by atoms with E-state index in [1.807, 2.05) is 0 Å². The number of hydrogen-bond donors (Lipinski definition) is 4. The Kier molecular flexibility index (Phi) is 8.33. The molecule has 102 valence electrons. The molecule has 0 unspecified atom stereocenters. The molecule has 18 heavy (non-hydrogen) atoms. The zero-order valence-electron chi connectivity index (χ0n) is 9.67. The van der Waals surface area contributed by atoms with Gasteiger partial charge in [-0.3, -0.25) is 9.59 Å². The molecule has 0 rings (SSSR count). The van der Waals surface area contributed by atoms with E-state index in [-0.39, 0.29) is 25.7 Å². The van der Waals surface area contributed by atoms with Crippen molar-refractivity contribution in [3.63, 3.8) is 0 Å². The smallest absolute Gasteiger partial charge is 0.303 e. The van der Waals surface area contributed by atoms with E-state index in [1.165, 1.54) is 0 Å². The molecule has 0 amide bonds. The number of aliphatic carboxylic acids is 2. The SMILES string of the molecule is O=C[C@H](CCC(=O)O)NN[C@H](C=O)CCC(=O)O. The maximum absolute atomic E-state index is 10.6. The van der Waals surface area contributed by atoms with Gasteiger partial charge in [0.05, 0.1) is 12.1 Å². The molecule has 0 aromatic rings. The minimum Gasteiger partial charge on any atom is -0.481 e. The van der Waals surface area contributed by atoms with Gasteiger partial charge in [0.2, 0.25) is 0 Å². The predicted octanol–water partition coefficient (Wildman–Crippen LogP) is -1.05. The Bertz CT molecular complexity index is 277. The Hall–Kier alpha value is -1.80. The third-order valence-electron chi connectivity index (χ3n) is 2.12. The second-order valence-corrected chi connectivity index (χ2v) is 3.64. The van der Waals surface area contributed by atoms with Gasteiger partial charge in [-0.2, -0.15) is 0 Å². The second kappa shape index (κ2) is 9.25. The molecule has 0 bridgehead atoms. The van der Waals surface area contributed by atoms with E-state index in [4.69, 9.17) is 10.2 Å². The Labute approximate surface area is 103 Å². The fourth-order valence-corrected chi connectivity index (χ4v) is 1.12. The van der Waals surface area contributed by atoms with Crippen molar-refractivity contribution in [2.75, 3.05) is 0 Å². The highest BCUT2D eigenvalue weighted by molar-refractivity contribution is 5.68. The molecule has 0 aliphatic carbocycles. The summed E-state index contributed by atoms with van der Waals surface area (Å²) in [6.45, 7) is 0. The lowest BCUT2D eigenvalue weighted by atomic mass is 10.2. The standard InChI is InChI=1S/C10H16N2O6/c13-5-7(1-3-9(15)16)11-12-8(6-14)2-4-10(17)18/h5-8,11-12H,1-4H2,(H,15,16)(H,17,18)/t7-,8-/m0/s1. The number of hydrazine groups is 1. The second-order valence-electron chi connectivity index (χ2n) is 3.64. The van der Waals surface area contributed by atoms with Crippen molar-refractivity contribution in [1.29, 1.82) is 0 Å². The zero-order chi connectivity index (χ0) is 14.0. The van der Waals surface area contributed by atoms with Crippen molar-refractivity contribution < 1.29 is 29.4 Å². The maximum atomic E-state index is 10.6. The lowest BCUT2D eigenvalue weighted by molar-refractivity contribution is -0.138. The zero-order valence-corrected chi connectivity index (χ0v) is 9.67. The molecule has 0 fully saturated rings. The Morgan fingerprint density at radius 2 is 1.22 bits per heavy atom. The molecule has 0 saturated carbocycles. The highest BCUT2D eigenvalue weighted by Crippen LogP contribution is 1.96. The third kappa shape index (κ3) is 8.36. The van der Waals surface area contributed by atoms with Crippen molar-refractivity contribution in [1.82, 2.24) is 10.9 Å². The average molecular weight is 260 g/mol. The summed E-state index contributed by atoms with van der Waals surface area (Å²) in [5.41, 5.74) is 4.99. The van der Waals surface area contributed by atoms with Crippen LogP contribution >= 0.6 is 0 Å². The van der Waals surface area contributed by atoms with Crippen molar-refractivity contribution in [3.05, 3.63) is 0 Å². The molecule has 8 nitrogen and oxygen atoms in total. The highest BCUT2D eigenvalue weighted by Gasteiger charge is 2.13. The molecule has 8 heteroatoms. The number of hydrogen-bond acceptors (Lipinski definition) is 6. The summed E-state index contributed by atoms with van der Waals surface area (Å²) in [4.78, 5) is 41.8. The van der Waals surface area contributed by atoms with Gasteiger partial charge in [0.15, 0.2) is 0 Å². The van der Waals surface area contributed by atoms with E-state index in [9.17, 15) is 19.2 Å². The van der Waals surface area contributed by atoms with Crippen LogP contribution in [0.1, 0.15) is 25.7 Å². The molecule has 0 aliphatic heterocycles. The molecule has 2 atom stereocenters. The molecular weight excluding hydrogens is 244 g/mol. The van der Waals surface area contributed by atoms with Crippen molar-refractivity contribution in [2.45, 2.75) is 37.8 Å². The number of nitrogens with one attached hydrogen (secondary N) is 2. The van der Waals surface area contributed by atoms with Gasteiger partial charge in [-0.15, -0.1) is 0 Å². The van der Waals surface area contributed by atoms with Crippen LogP contribution in [0, 0.1) is 0 Å². The van der Waals surface area contributed by atoms with Crippen LogP contribution in [0.2, 0.25) is 0 Å². The van der Waals surface area contributed by atoms with Crippen molar-refractivity contribution in [2.24, 2.45) is 0 Å². The Balaban J connectivity index is 3.99. The van der Waals surface area contributed by atoms with E-state index < -0.39 is 24.0 Å². The number of aldehydes is 2. The lowest BCUT2D eigenvalue weighted by Gasteiger charge is -2.16.